The zero-order chi connectivity index (χ0) is 30.8. The minimum absolute atomic E-state index is 0.0811. The number of hydrogen-bond donors (Lipinski definition) is 8. The molecule has 8 N–H and O–H groups in total. The Kier molecular flexibility index (Phi) is 13.0. The summed E-state index contributed by atoms with van der Waals surface area (Å²) in [5.41, 5.74) is 4.76. The van der Waals surface area contributed by atoms with Crippen LogP contribution in [0.2, 0.25) is 0 Å². The summed E-state index contributed by atoms with van der Waals surface area (Å²) in [6.07, 6.45) is -2.00. The Balaban J connectivity index is 1.63. The number of amides is 2. The lowest BCUT2D eigenvalue weighted by Gasteiger charge is -2.39. The molecule has 1 aliphatic heterocycles. The number of aliphatic hydroxyl groups excluding tert-OH is 5. The molecule has 0 unspecified atom stereocenters. The van der Waals surface area contributed by atoms with Crippen molar-refractivity contribution in [3.8, 4) is 5.88 Å². The number of ether oxygens (including phenoxy) is 2. The molecule has 1 aromatic heterocycles. The van der Waals surface area contributed by atoms with E-state index in [-0.39, 0.29) is 30.5 Å². The third-order valence-corrected chi connectivity index (χ3v) is 7.70. The van der Waals surface area contributed by atoms with E-state index in [2.05, 4.69) is 33.8 Å². The monoisotopic (exact) mass is 592 g/mol. The van der Waals surface area contributed by atoms with Gasteiger partial charge in [0.25, 0.3) is 0 Å². The van der Waals surface area contributed by atoms with Crippen LogP contribution in [0.3, 0.4) is 0 Å². The second-order valence-corrected chi connectivity index (χ2v) is 11.4. The quantitative estimate of drug-likeness (QED) is 0.141. The number of carbonyl (C=O) groups excluding carboxylic acids is 1. The molecular weight excluding hydrogens is 544 g/mol. The van der Waals surface area contributed by atoms with Gasteiger partial charge in [-0.1, -0.05) is 58.2 Å². The average Bonchev–Trinajstić information content (AvgIpc) is 3.36. The Labute approximate surface area is 247 Å². The Morgan fingerprint density at radius 1 is 1.14 bits per heavy atom. The number of H-pyrrole nitrogens is 1. The maximum Gasteiger partial charge on any atom is 0.315 e. The van der Waals surface area contributed by atoms with Crippen LogP contribution in [-0.2, 0) is 17.6 Å². The molecule has 0 aliphatic carbocycles. The summed E-state index contributed by atoms with van der Waals surface area (Å²) in [7, 11) is 0. The highest BCUT2D eigenvalue weighted by Crippen LogP contribution is 2.32. The van der Waals surface area contributed by atoms with E-state index in [0.717, 1.165) is 53.6 Å². The molecule has 6 atom stereocenters. The largest absolute Gasteiger partial charge is 0.443 e. The van der Waals surface area contributed by atoms with Gasteiger partial charge in [-0.3, -0.25) is 5.10 Å². The fraction of sp³-hybridized carbons (Fsp3) is 0.667. The summed E-state index contributed by atoms with van der Waals surface area (Å²) < 4.78 is 11.4. The summed E-state index contributed by atoms with van der Waals surface area (Å²) >= 11 is 0. The van der Waals surface area contributed by atoms with Crippen LogP contribution in [0.15, 0.2) is 18.2 Å². The fourth-order valence-corrected chi connectivity index (χ4v) is 5.09. The van der Waals surface area contributed by atoms with Crippen LogP contribution in [0.25, 0.3) is 0 Å². The van der Waals surface area contributed by atoms with Crippen LogP contribution in [0.4, 0.5) is 4.79 Å². The zero-order valence-electron chi connectivity index (χ0n) is 25.0. The molecule has 42 heavy (non-hydrogen) atoms. The van der Waals surface area contributed by atoms with Gasteiger partial charge in [0.1, 0.15) is 24.4 Å². The van der Waals surface area contributed by atoms with Crippen molar-refractivity contribution < 1.29 is 39.8 Å². The van der Waals surface area contributed by atoms with E-state index in [0.29, 0.717) is 19.4 Å². The molecule has 2 amide bonds. The molecule has 0 saturated carbocycles. The van der Waals surface area contributed by atoms with Crippen LogP contribution < -0.4 is 15.4 Å². The van der Waals surface area contributed by atoms with Gasteiger partial charge in [0, 0.05) is 24.2 Å². The standard InChI is InChI=1S/C30H48N4O8/c1-5-6-7-8-21(15-35)32-30(40)31-12-11-19-9-10-20(18(4)13-19)14-22-24(17(2)3)33-34-28(22)42-29-27(39)26(38)25(37)23(16-36)41-29/h9-10,13,17,21,23,25-27,29,35-39H,5-8,11-12,14-16H2,1-4H3,(H,33,34)(H2,31,32,40)/t21-,23+,25+,26-,27+,29-/m0/s1. The first-order chi connectivity index (χ1) is 20.1. The number of aryl methyl sites for hydroxylation is 1. The number of nitrogens with zero attached hydrogens (tertiary/aromatic N) is 1. The van der Waals surface area contributed by atoms with E-state index in [4.69, 9.17) is 9.47 Å². The maximum absolute atomic E-state index is 12.3. The number of carbonyl (C=O) groups is 1. The molecule has 0 bridgehead atoms. The third kappa shape index (κ3) is 8.88. The van der Waals surface area contributed by atoms with Crippen molar-refractivity contribution in [1.29, 1.82) is 0 Å². The summed E-state index contributed by atoms with van der Waals surface area (Å²) in [6.45, 7) is 7.97. The highest BCUT2D eigenvalue weighted by molar-refractivity contribution is 5.74. The van der Waals surface area contributed by atoms with Crippen molar-refractivity contribution in [2.75, 3.05) is 19.8 Å². The Bertz CT molecular complexity index is 1120. The Morgan fingerprint density at radius 3 is 2.55 bits per heavy atom. The van der Waals surface area contributed by atoms with Crippen molar-refractivity contribution in [2.45, 2.75) is 109 Å². The lowest BCUT2D eigenvalue weighted by Crippen LogP contribution is -2.60. The van der Waals surface area contributed by atoms with Crippen molar-refractivity contribution in [1.82, 2.24) is 20.8 Å². The molecular formula is C30H48N4O8. The van der Waals surface area contributed by atoms with E-state index < -0.39 is 37.3 Å². The van der Waals surface area contributed by atoms with Crippen LogP contribution in [0.1, 0.15) is 80.3 Å². The first kappa shape index (κ1) is 33.8. The number of aliphatic hydroxyl groups is 5. The van der Waals surface area contributed by atoms with Gasteiger partial charge in [0.05, 0.1) is 19.3 Å². The van der Waals surface area contributed by atoms with Crippen LogP contribution in [0.5, 0.6) is 5.88 Å². The molecule has 1 aromatic carbocycles. The molecule has 2 aromatic rings. The molecule has 12 nitrogen and oxygen atoms in total. The molecule has 236 valence electrons. The summed E-state index contributed by atoms with van der Waals surface area (Å²) in [5.74, 6) is 0.297. The zero-order valence-corrected chi connectivity index (χ0v) is 25.0. The molecule has 0 radical (unpaired) electrons. The van der Waals surface area contributed by atoms with E-state index in [1.54, 1.807) is 0 Å². The topological polar surface area (TPSA) is 189 Å². The number of benzene rings is 1. The van der Waals surface area contributed by atoms with Gasteiger partial charge >= 0.3 is 6.03 Å². The molecule has 0 spiro atoms. The second kappa shape index (κ2) is 16.2. The second-order valence-electron chi connectivity index (χ2n) is 11.4. The fourth-order valence-electron chi connectivity index (χ4n) is 5.09. The smallest absolute Gasteiger partial charge is 0.315 e. The van der Waals surface area contributed by atoms with Crippen molar-refractivity contribution in [2.24, 2.45) is 0 Å². The lowest BCUT2D eigenvalue weighted by atomic mass is 9.95. The highest BCUT2D eigenvalue weighted by Gasteiger charge is 2.45. The summed E-state index contributed by atoms with van der Waals surface area (Å²) in [6, 6.07) is 5.58. The number of urea groups is 1. The first-order valence-electron chi connectivity index (χ1n) is 14.9. The maximum atomic E-state index is 12.3. The number of hydrogen-bond acceptors (Lipinski definition) is 9. The minimum Gasteiger partial charge on any atom is -0.443 e. The number of aromatic amines is 1. The van der Waals surface area contributed by atoms with Gasteiger partial charge in [0.15, 0.2) is 0 Å². The van der Waals surface area contributed by atoms with Gasteiger partial charge in [-0.2, -0.15) is 0 Å². The number of rotatable bonds is 15. The van der Waals surface area contributed by atoms with Gasteiger partial charge in [0.2, 0.25) is 12.2 Å². The highest BCUT2D eigenvalue weighted by atomic mass is 16.7. The number of aromatic nitrogens is 2. The van der Waals surface area contributed by atoms with Crippen molar-refractivity contribution in [3.63, 3.8) is 0 Å². The average molecular weight is 593 g/mol. The van der Waals surface area contributed by atoms with Crippen LogP contribution in [-0.4, -0.2) is 98.3 Å². The van der Waals surface area contributed by atoms with Gasteiger partial charge in [-0.15, -0.1) is 5.10 Å². The number of nitrogens with one attached hydrogen (secondary N) is 3. The lowest BCUT2D eigenvalue weighted by molar-refractivity contribution is -0.278. The molecule has 2 heterocycles. The predicted octanol–water partition coefficient (Wildman–Crippen LogP) is 1.39. The van der Waals surface area contributed by atoms with Gasteiger partial charge < -0.3 is 45.6 Å². The van der Waals surface area contributed by atoms with E-state index >= 15 is 0 Å². The van der Waals surface area contributed by atoms with Crippen LogP contribution >= 0.6 is 0 Å². The molecule has 12 heteroatoms. The van der Waals surface area contributed by atoms with E-state index in [1.165, 1.54) is 0 Å². The van der Waals surface area contributed by atoms with Crippen molar-refractivity contribution in [3.05, 3.63) is 46.1 Å². The number of unbranched alkanes of at least 4 members (excludes halogenated alkanes) is 2. The predicted molar refractivity (Wildman–Crippen MR) is 156 cm³/mol. The molecule has 3 rings (SSSR count). The van der Waals surface area contributed by atoms with Gasteiger partial charge in [-0.05, 0) is 42.4 Å². The van der Waals surface area contributed by atoms with Crippen LogP contribution in [0, 0.1) is 6.92 Å². The van der Waals surface area contributed by atoms with Gasteiger partial charge in [-0.25, -0.2) is 4.79 Å². The molecule has 1 saturated heterocycles. The first-order valence-corrected chi connectivity index (χ1v) is 14.9. The summed E-state index contributed by atoms with van der Waals surface area (Å²) in [5, 5.41) is 62.7. The minimum atomic E-state index is -1.55. The molecule has 1 fully saturated rings. The van der Waals surface area contributed by atoms with E-state index in [9.17, 15) is 30.3 Å². The molecule has 1 aliphatic rings. The van der Waals surface area contributed by atoms with E-state index in [1.807, 2.05) is 32.9 Å². The Morgan fingerprint density at radius 2 is 1.90 bits per heavy atom. The third-order valence-electron chi connectivity index (χ3n) is 7.70. The SMILES string of the molecule is CCCCC[C@@H](CO)NC(=O)NCCc1ccc(Cc2c(O[C@@H]3O[C@H](CO)[C@@H](O)[C@H](O)[C@H]3O)n[nH]c2C(C)C)c(C)c1. The van der Waals surface area contributed by atoms with Crippen molar-refractivity contribution >= 4 is 6.03 Å². The normalized spacial score (nSPS) is 23.1. The Hall–Kier alpha value is -2.74. The summed E-state index contributed by atoms with van der Waals surface area (Å²) in [4.78, 5) is 12.3.